The minimum Gasteiger partial charge on any atom is -0.481 e. The lowest BCUT2D eigenvalue weighted by atomic mass is 9.85. The number of nitrogens with zero attached hydrogens (tertiary/aromatic N) is 1. The van der Waals surface area contributed by atoms with Crippen molar-refractivity contribution in [2.45, 2.75) is 39.2 Å². The molecule has 2 unspecified atom stereocenters. The third-order valence-corrected chi connectivity index (χ3v) is 4.60. The number of aliphatic carboxylic acids is 1. The van der Waals surface area contributed by atoms with Crippen molar-refractivity contribution < 1.29 is 14.7 Å². The summed E-state index contributed by atoms with van der Waals surface area (Å²) in [6.45, 7) is 3.60. The molecule has 1 aromatic heterocycles. The monoisotopic (exact) mass is 294 g/mol. The summed E-state index contributed by atoms with van der Waals surface area (Å²) >= 11 is 1.52. The topological polar surface area (TPSA) is 79.3 Å². The van der Waals surface area contributed by atoms with Gasteiger partial charge in [-0.3, -0.25) is 9.59 Å². The first kappa shape index (κ1) is 14.7. The number of amides is 1. The number of aryl methyl sites for hydroxylation is 1. The number of aromatic nitrogens is 1. The molecule has 1 amide bonds. The van der Waals surface area contributed by atoms with Crippen LogP contribution in [0.15, 0.2) is 11.5 Å². The van der Waals surface area contributed by atoms with E-state index in [0.717, 1.165) is 17.1 Å². The van der Waals surface area contributed by atoms with E-state index in [1.54, 1.807) is 13.0 Å². The van der Waals surface area contributed by atoms with Gasteiger partial charge in [0.1, 0.15) is 0 Å². The number of hydrogen-bond donors (Lipinski definition) is 2. The van der Waals surface area contributed by atoms with Gasteiger partial charge in [-0.2, -0.15) is 0 Å². The van der Waals surface area contributed by atoms with E-state index in [9.17, 15) is 14.7 Å². The van der Waals surface area contributed by atoms with Crippen molar-refractivity contribution >= 4 is 29.3 Å². The Morgan fingerprint density at radius 3 is 2.95 bits per heavy atom. The molecule has 0 bridgehead atoms. The fraction of sp³-hybridized carbons (Fsp3) is 0.500. The second-order valence-corrected chi connectivity index (χ2v) is 6.36. The second-order valence-electron chi connectivity index (χ2n) is 5.30. The van der Waals surface area contributed by atoms with Crippen LogP contribution in [0.5, 0.6) is 0 Å². The number of nitrogens with one attached hydrogen (secondary N) is 1. The first-order valence-electron chi connectivity index (χ1n) is 6.56. The van der Waals surface area contributed by atoms with Crippen LogP contribution in [-0.2, 0) is 9.59 Å². The van der Waals surface area contributed by atoms with E-state index in [-0.39, 0.29) is 11.9 Å². The molecule has 0 saturated heterocycles. The highest BCUT2D eigenvalue weighted by Crippen LogP contribution is 2.38. The molecule has 1 aliphatic rings. The van der Waals surface area contributed by atoms with Crippen LogP contribution < -0.4 is 5.32 Å². The lowest BCUT2D eigenvalue weighted by molar-refractivity contribution is -0.148. The summed E-state index contributed by atoms with van der Waals surface area (Å²) in [6.07, 6.45) is 5.18. The van der Waals surface area contributed by atoms with Gasteiger partial charge in [-0.1, -0.05) is 6.42 Å². The summed E-state index contributed by atoms with van der Waals surface area (Å²) in [5.74, 6) is -1.12. The van der Waals surface area contributed by atoms with Crippen LogP contribution in [0.4, 0.5) is 0 Å². The molecular formula is C14H18N2O3S. The number of thiazole rings is 1. The highest BCUT2D eigenvalue weighted by atomic mass is 32.1. The van der Waals surface area contributed by atoms with E-state index in [2.05, 4.69) is 10.3 Å². The van der Waals surface area contributed by atoms with Gasteiger partial charge in [0.05, 0.1) is 16.1 Å². The van der Waals surface area contributed by atoms with E-state index < -0.39 is 11.4 Å². The predicted octanol–water partition coefficient (Wildman–Crippen LogP) is 2.22. The SMILES string of the molecule is Cc1nc(/C=C/C(=O)NC2CCCC2(C)C(=O)O)cs1. The molecule has 2 atom stereocenters. The molecule has 2 rings (SSSR count). The van der Waals surface area contributed by atoms with E-state index in [1.807, 2.05) is 12.3 Å². The second kappa shape index (κ2) is 5.75. The lowest BCUT2D eigenvalue weighted by Crippen LogP contribution is -2.46. The maximum atomic E-state index is 11.9. The fourth-order valence-corrected chi connectivity index (χ4v) is 3.07. The standard InChI is InChI=1S/C14H18N2O3S/c1-9-15-10(8-20-9)5-6-12(17)16-11-4-3-7-14(11,2)13(18)19/h5-6,8,11H,3-4,7H2,1-2H3,(H,16,17)(H,18,19)/b6-5+. The van der Waals surface area contributed by atoms with Gasteiger partial charge in [0.2, 0.25) is 5.91 Å². The molecule has 20 heavy (non-hydrogen) atoms. The minimum absolute atomic E-state index is 0.268. The normalized spacial score (nSPS) is 26.0. The summed E-state index contributed by atoms with van der Waals surface area (Å²) < 4.78 is 0. The number of carbonyl (C=O) groups is 2. The Morgan fingerprint density at radius 2 is 2.35 bits per heavy atom. The molecule has 1 aromatic rings. The zero-order valence-electron chi connectivity index (χ0n) is 11.5. The van der Waals surface area contributed by atoms with E-state index in [0.29, 0.717) is 12.8 Å². The van der Waals surface area contributed by atoms with Gasteiger partial charge in [-0.05, 0) is 32.8 Å². The highest BCUT2D eigenvalue weighted by Gasteiger charge is 2.45. The van der Waals surface area contributed by atoms with Gasteiger partial charge in [-0.25, -0.2) is 4.98 Å². The Balaban J connectivity index is 1.98. The first-order valence-corrected chi connectivity index (χ1v) is 7.44. The van der Waals surface area contributed by atoms with Crippen molar-refractivity contribution in [3.05, 3.63) is 22.2 Å². The Kier molecular flexibility index (Phi) is 4.23. The van der Waals surface area contributed by atoms with Crippen LogP contribution in [0.25, 0.3) is 6.08 Å². The van der Waals surface area contributed by atoms with Crippen LogP contribution in [0.1, 0.15) is 36.9 Å². The predicted molar refractivity (Wildman–Crippen MR) is 77.4 cm³/mol. The zero-order valence-corrected chi connectivity index (χ0v) is 12.4. The Labute approximate surface area is 121 Å². The van der Waals surface area contributed by atoms with Gasteiger partial charge in [-0.15, -0.1) is 11.3 Å². The van der Waals surface area contributed by atoms with Crippen molar-refractivity contribution in [2.24, 2.45) is 5.41 Å². The number of carbonyl (C=O) groups excluding carboxylic acids is 1. The molecule has 1 aliphatic carbocycles. The van der Waals surface area contributed by atoms with Crippen molar-refractivity contribution in [3.63, 3.8) is 0 Å². The third kappa shape index (κ3) is 3.07. The maximum Gasteiger partial charge on any atom is 0.311 e. The van der Waals surface area contributed by atoms with Crippen LogP contribution >= 0.6 is 11.3 Å². The quantitative estimate of drug-likeness (QED) is 0.835. The molecule has 5 nitrogen and oxygen atoms in total. The molecule has 0 aromatic carbocycles. The molecule has 0 radical (unpaired) electrons. The van der Waals surface area contributed by atoms with E-state index in [4.69, 9.17) is 0 Å². The summed E-state index contributed by atoms with van der Waals surface area (Å²) in [7, 11) is 0. The summed E-state index contributed by atoms with van der Waals surface area (Å²) in [6, 6.07) is -0.311. The molecule has 108 valence electrons. The fourth-order valence-electron chi connectivity index (χ4n) is 2.49. The first-order chi connectivity index (χ1) is 9.41. The molecule has 1 fully saturated rings. The maximum absolute atomic E-state index is 11.9. The van der Waals surface area contributed by atoms with E-state index >= 15 is 0 Å². The van der Waals surface area contributed by atoms with Crippen molar-refractivity contribution in [3.8, 4) is 0 Å². The minimum atomic E-state index is -0.860. The summed E-state index contributed by atoms with van der Waals surface area (Å²) in [5.41, 5.74) is -0.115. The lowest BCUT2D eigenvalue weighted by Gasteiger charge is -2.27. The van der Waals surface area contributed by atoms with Crippen LogP contribution in [0.3, 0.4) is 0 Å². The average molecular weight is 294 g/mol. The molecular weight excluding hydrogens is 276 g/mol. The Hall–Kier alpha value is -1.69. The van der Waals surface area contributed by atoms with Crippen LogP contribution in [0, 0.1) is 12.3 Å². The molecule has 0 aliphatic heterocycles. The van der Waals surface area contributed by atoms with Gasteiger partial charge in [0, 0.05) is 17.5 Å². The largest absolute Gasteiger partial charge is 0.481 e. The van der Waals surface area contributed by atoms with Gasteiger partial charge < -0.3 is 10.4 Å². The Bertz CT molecular complexity index is 552. The smallest absolute Gasteiger partial charge is 0.311 e. The average Bonchev–Trinajstić information content (AvgIpc) is 2.95. The number of rotatable bonds is 4. The number of carboxylic acid groups (broad SMARTS) is 1. The zero-order chi connectivity index (χ0) is 14.8. The number of carboxylic acids is 1. The summed E-state index contributed by atoms with van der Waals surface area (Å²) in [5, 5.41) is 14.9. The third-order valence-electron chi connectivity index (χ3n) is 3.81. The molecule has 1 heterocycles. The molecule has 6 heteroatoms. The van der Waals surface area contributed by atoms with Gasteiger partial charge in [0.25, 0.3) is 0 Å². The van der Waals surface area contributed by atoms with E-state index in [1.165, 1.54) is 17.4 Å². The van der Waals surface area contributed by atoms with Crippen LogP contribution in [0.2, 0.25) is 0 Å². The molecule has 0 spiro atoms. The van der Waals surface area contributed by atoms with Gasteiger partial charge >= 0.3 is 5.97 Å². The highest BCUT2D eigenvalue weighted by molar-refractivity contribution is 7.09. The molecule has 1 saturated carbocycles. The number of hydrogen-bond acceptors (Lipinski definition) is 4. The summed E-state index contributed by atoms with van der Waals surface area (Å²) in [4.78, 5) is 27.4. The molecule has 2 N–H and O–H groups in total. The van der Waals surface area contributed by atoms with Gasteiger partial charge in [0.15, 0.2) is 0 Å². The van der Waals surface area contributed by atoms with Crippen molar-refractivity contribution in [1.29, 1.82) is 0 Å². The van der Waals surface area contributed by atoms with Crippen LogP contribution in [-0.4, -0.2) is 28.0 Å². The van der Waals surface area contributed by atoms with Crippen molar-refractivity contribution in [2.75, 3.05) is 0 Å². The van der Waals surface area contributed by atoms with Crippen molar-refractivity contribution in [1.82, 2.24) is 10.3 Å². The Morgan fingerprint density at radius 1 is 1.60 bits per heavy atom.